The van der Waals surface area contributed by atoms with E-state index in [0.717, 1.165) is 4.47 Å². The topological polar surface area (TPSA) is 86.9 Å². The van der Waals surface area contributed by atoms with E-state index in [2.05, 4.69) is 21.0 Å². The van der Waals surface area contributed by atoms with Crippen molar-refractivity contribution < 1.29 is 4.79 Å². The minimum Gasteiger partial charge on any atom is -0.381 e. The fourth-order valence-electron chi connectivity index (χ4n) is 0.876. The molecule has 0 aliphatic heterocycles. The zero-order valence-corrected chi connectivity index (χ0v) is 8.78. The molecular weight excluding hydrogens is 236 g/mol. The van der Waals surface area contributed by atoms with E-state index >= 15 is 0 Å². The van der Waals surface area contributed by atoms with E-state index < -0.39 is 0 Å². The first-order chi connectivity index (χ1) is 6.00. The molecule has 72 valence electrons. The number of carbonyl (C=O) groups excluding carboxylic acids is 1. The molecule has 0 spiro atoms. The van der Waals surface area contributed by atoms with Gasteiger partial charge in [-0.1, -0.05) is 6.92 Å². The van der Waals surface area contributed by atoms with Crippen molar-refractivity contribution in [3.05, 3.63) is 10.7 Å². The molecule has 0 fully saturated rings. The average molecular weight is 247 g/mol. The molecule has 1 amide bonds. The quantitative estimate of drug-likeness (QED) is 0.807. The molecule has 0 aliphatic rings. The zero-order valence-electron chi connectivity index (χ0n) is 7.20. The Labute approximate surface area is 84.2 Å². The third kappa shape index (κ3) is 2.45. The number of nitrogens with zero attached hydrogens (tertiary/aromatic N) is 2. The number of aromatic nitrogens is 2. The number of nitrogens with two attached hydrogens (primary N) is 2. The molecule has 6 heteroatoms. The first kappa shape index (κ1) is 10.0. The van der Waals surface area contributed by atoms with Crippen molar-refractivity contribution in [3.8, 4) is 0 Å². The van der Waals surface area contributed by atoms with Gasteiger partial charge in [0.25, 0.3) is 0 Å². The van der Waals surface area contributed by atoms with Crippen LogP contribution in [0.5, 0.6) is 0 Å². The van der Waals surface area contributed by atoms with Gasteiger partial charge in [0.2, 0.25) is 5.91 Å². The molecule has 1 aromatic rings. The van der Waals surface area contributed by atoms with Crippen molar-refractivity contribution in [2.45, 2.75) is 13.5 Å². The predicted octanol–water partition coefficient (Wildman–Crippen LogP) is 0.349. The Balaban J connectivity index is 2.69. The van der Waals surface area contributed by atoms with Gasteiger partial charge in [-0.2, -0.15) is 5.10 Å². The van der Waals surface area contributed by atoms with Gasteiger partial charge >= 0.3 is 0 Å². The van der Waals surface area contributed by atoms with Gasteiger partial charge < -0.3 is 11.5 Å². The maximum Gasteiger partial charge on any atom is 0.222 e. The molecule has 13 heavy (non-hydrogen) atoms. The minimum absolute atomic E-state index is 0.244. The lowest BCUT2D eigenvalue weighted by atomic mass is 10.2. The number of hydrogen-bond acceptors (Lipinski definition) is 3. The van der Waals surface area contributed by atoms with Crippen LogP contribution in [0, 0.1) is 5.92 Å². The highest BCUT2D eigenvalue weighted by Gasteiger charge is 2.11. The SMILES string of the molecule is CC(Cn1cc(Br)c(N)n1)C(N)=O. The summed E-state index contributed by atoms with van der Waals surface area (Å²) in [5.74, 6) is -0.173. The van der Waals surface area contributed by atoms with Gasteiger partial charge in [0.1, 0.15) is 0 Å². The third-order valence-corrected chi connectivity index (χ3v) is 2.30. The summed E-state index contributed by atoms with van der Waals surface area (Å²) in [6.45, 7) is 2.19. The third-order valence-electron chi connectivity index (χ3n) is 1.69. The van der Waals surface area contributed by atoms with Crippen molar-refractivity contribution in [1.29, 1.82) is 0 Å². The molecule has 0 aliphatic carbocycles. The molecule has 0 aromatic carbocycles. The van der Waals surface area contributed by atoms with E-state index in [9.17, 15) is 4.79 Å². The largest absolute Gasteiger partial charge is 0.381 e. The van der Waals surface area contributed by atoms with E-state index in [1.807, 2.05) is 0 Å². The summed E-state index contributed by atoms with van der Waals surface area (Å²) in [6, 6.07) is 0. The first-order valence-electron chi connectivity index (χ1n) is 3.78. The number of primary amides is 1. The van der Waals surface area contributed by atoms with Crippen molar-refractivity contribution in [3.63, 3.8) is 0 Å². The van der Waals surface area contributed by atoms with Crippen LogP contribution in [0.3, 0.4) is 0 Å². The molecule has 1 aromatic heterocycles. The molecule has 4 N–H and O–H groups in total. The van der Waals surface area contributed by atoms with Crippen LogP contribution in [0.15, 0.2) is 10.7 Å². The summed E-state index contributed by atoms with van der Waals surface area (Å²) in [5.41, 5.74) is 10.6. The number of amides is 1. The second-order valence-electron chi connectivity index (χ2n) is 2.89. The lowest BCUT2D eigenvalue weighted by molar-refractivity contribution is -0.121. The minimum atomic E-state index is -0.342. The van der Waals surface area contributed by atoms with Crippen LogP contribution in [0.4, 0.5) is 5.82 Å². The summed E-state index contributed by atoms with van der Waals surface area (Å²) in [4.78, 5) is 10.7. The van der Waals surface area contributed by atoms with Crippen LogP contribution in [-0.2, 0) is 11.3 Å². The number of carbonyl (C=O) groups is 1. The smallest absolute Gasteiger partial charge is 0.222 e. The van der Waals surface area contributed by atoms with E-state index in [0.29, 0.717) is 12.4 Å². The molecule has 1 heterocycles. The summed E-state index contributed by atoms with van der Waals surface area (Å²) >= 11 is 3.22. The maximum absolute atomic E-state index is 10.7. The predicted molar refractivity (Wildman–Crippen MR) is 52.7 cm³/mol. The average Bonchev–Trinajstić information content (AvgIpc) is 2.31. The molecule has 1 rings (SSSR count). The highest BCUT2D eigenvalue weighted by molar-refractivity contribution is 9.10. The molecule has 1 unspecified atom stereocenters. The van der Waals surface area contributed by atoms with Crippen LogP contribution in [0.25, 0.3) is 0 Å². The Morgan fingerprint density at radius 2 is 2.46 bits per heavy atom. The Hall–Kier alpha value is -1.04. The molecule has 0 radical (unpaired) electrons. The summed E-state index contributed by atoms with van der Waals surface area (Å²) < 4.78 is 2.32. The van der Waals surface area contributed by atoms with E-state index in [-0.39, 0.29) is 11.8 Å². The van der Waals surface area contributed by atoms with Gasteiger partial charge in [0, 0.05) is 6.20 Å². The van der Waals surface area contributed by atoms with Crippen molar-refractivity contribution in [1.82, 2.24) is 9.78 Å². The standard InChI is InChI=1S/C7H11BrN4O/c1-4(7(10)13)2-12-3-5(8)6(9)11-12/h3-4H,2H2,1H3,(H2,9,11)(H2,10,13). The summed E-state index contributed by atoms with van der Waals surface area (Å²) in [6.07, 6.45) is 1.72. The molecule has 5 nitrogen and oxygen atoms in total. The summed E-state index contributed by atoms with van der Waals surface area (Å²) in [7, 11) is 0. The Kier molecular flexibility index (Phi) is 2.92. The zero-order chi connectivity index (χ0) is 10.0. The lowest BCUT2D eigenvalue weighted by Gasteiger charge is -2.05. The number of nitrogen functional groups attached to an aromatic ring is 1. The molecule has 0 bridgehead atoms. The van der Waals surface area contributed by atoms with Gasteiger partial charge in [0.15, 0.2) is 5.82 Å². The normalized spacial score (nSPS) is 12.8. The monoisotopic (exact) mass is 246 g/mol. The van der Waals surface area contributed by atoms with E-state index in [4.69, 9.17) is 11.5 Å². The van der Waals surface area contributed by atoms with Crippen LogP contribution in [-0.4, -0.2) is 15.7 Å². The summed E-state index contributed by atoms with van der Waals surface area (Å²) in [5, 5.41) is 3.97. The van der Waals surface area contributed by atoms with Gasteiger partial charge in [-0.15, -0.1) is 0 Å². The van der Waals surface area contributed by atoms with Crippen molar-refractivity contribution in [2.24, 2.45) is 11.7 Å². The number of hydrogen-bond donors (Lipinski definition) is 2. The lowest BCUT2D eigenvalue weighted by Crippen LogP contribution is -2.24. The van der Waals surface area contributed by atoms with Crippen molar-refractivity contribution in [2.75, 3.05) is 5.73 Å². The maximum atomic E-state index is 10.7. The van der Waals surface area contributed by atoms with Crippen LogP contribution in [0.1, 0.15) is 6.92 Å². The van der Waals surface area contributed by atoms with Gasteiger partial charge in [-0.3, -0.25) is 9.48 Å². The van der Waals surface area contributed by atoms with Crippen LogP contribution >= 0.6 is 15.9 Å². The second kappa shape index (κ2) is 3.78. The molecule has 0 saturated carbocycles. The number of halogens is 1. The number of anilines is 1. The fraction of sp³-hybridized carbons (Fsp3) is 0.429. The molecule has 1 atom stereocenters. The first-order valence-corrected chi connectivity index (χ1v) is 4.57. The second-order valence-corrected chi connectivity index (χ2v) is 3.74. The number of rotatable bonds is 3. The van der Waals surface area contributed by atoms with Gasteiger partial charge in [-0.05, 0) is 15.9 Å². The van der Waals surface area contributed by atoms with E-state index in [1.165, 1.54) is 0 Å². The molecule has 0 saturated heterocycles. The van der Waals surface area contributed by atoms with Gasteiger partial charge in [0.05, 0.1) is 16.9 Å². The van der Waals surface area contributed by atoms with E-state index in [1.54, 1.807) is 17.8 Å². The highest BCUT2D eigenvalue weighted by Crippen LogP contribution is 2.16. The van der Waals surface area contributed by atoms with Crippen LogP contribution < -0.4 is 11.5 Å². The van der Waals surface area contributed by atoms with Crippen molar-refractivity contribution >= 4 is 27.7 Å². The Bertz CT molecular complexity index is 303. The fourth-order valence-corrected chi connectivity index (χ4v) is 1.19. The van der Waals surface area contributed by atoms with Crippen LogP contribution in [0.2, 0.25) is 0 Å². The van der Waals surface area contributed by atoms with Gasteiger partial charge in [-0.25, -0.2) is 0 Å². The highest BCUT2D eigenvalue weighted by atomic mass is 79.9. The Morgan fingerprint density at radius 3 is 2.85 bits per heavy atom. The Morgan fingerprint density at radius 1 is 1.85 bits per heavy atom. The molecular formula is C7H11BrN4O.